The number of hydrogen-bond acceptors (Lipinski definition) is 5. The van der Waals surface area contributed by atoms with E-state index < -0.39 is 11.9 Å². The second-order valence-corrected chi connectivity index (χ2v) is 8.40. The lowest BCUT2D eigenvalue weighted by Gasteiger charge is -2.22. The summed E-state index contributed by atoms with van der Waals surface area (Å²) in [6.07, 6.45) is 1.47. The summed E-state index contributed by atoms with van der Waals surface area (Å²) in [6.45, 7) is 5.01. The van der Waals surface area contributed by atoms with Gasteiger partial charge in [0, 0.05) is 36.8 Å². The van der Waals surface area contributed by atoms with Gasteiger partial charge in [0.15, 0.2) is 0 Å². The summed E-state index contributed by atoms with van der Waals surface area (Å²) in [7, 11) is 3.02. The van der Waals surface area contributed by atoms with Crippen LogP contribution in [-0.4, -0.2) is 49.4 Å². The van der Waals surface area contributed by atoms with Crippen molar-refractivity contribution in [3.63, 3.8) is 0 Å². The van der Waals surface area contributed by atoms with E-state index in [-0.39, 0.29) is 17.7 Å². The van der Waals surface area contributed by atoms with Crippen molar-refractivity contribution in [1.82, 2.24) is 10.2 Å². The molecule has 8 nitrogen and oxygen atoms in total. The van der Waals surface area contributed by atoms with Crippen LogP contribution in [0.1, 0.15) is 42.6 Å². The molecule has 2 aromatic rings. The summed E-state index contributed by atoms with van der Waals surface area (Å²) in [6, 6.07) is 11.5. The highest BCUT2D eigenvalue weighted by molar-refractivity contribution is 6.01. The molecule has 0 saturated carbocycles. The maximum Gasteiger partial charge on any atom is 0.252 e. The van der Waals surface area contributed by atoms with Crippen molar-refractivity contribution < 1.29 is 23.9 Å². The second kappa shape index (κ2) is 10.8. The number of nitrogens with one attached hydrogen (secondary N) is 2. The highest BCUT2D eigenvalue weighted by Crippen LogP contribution is 2.23. The van der Waals surface area contributed by atoms with Crippen LogP contribution in [0.5, 0.6) is 11.5 Å². The number of carbonyl (C=O) groups excluding carboxylic acids is 3. The van der Waals surface area contributed by atoms with Crippen molar-refractivity contribution in [2.75, 3.05) is 26.1 Å². The van der Waals surface area contributed by atoms with Gasteiger partial charge >= 0.3 is 0 Å². The third kappa shape index (κ3) is 6.25. The number of amides is 3. The molecule has 1 aliphatic heterocycles. The first-order valence-electron chi connectivity index (χ1n) is 11.0. The molecule has 0 aromatic heterocycles. The molecule has 3 amide bonds. The normalized spacial score (nSPS) is 14.2. The van der Waals surface area contributed by atoms with E-state index in [9.17, 15) is 14.4 Å². The Labute approximate surface area is 194 Å². The second-order valence-electron chi connectivity index (χ2n) is 8.40. The van der Waals surface area contributed by atoms with Gasteiger partial charge in [-0.3, -0.25) is 14.4 Å². The van der Waals surface area contributed by atoms with Gasteiger partial charge < -0.3 is 25.0 Å². The molecular formula is C25H31N3O5. The van der Waals surface area contributed by atoms with Crippen LogP contribution in [0.3, 0.4) is 0 Å². The maximum absolute atomic E-state index is 13.0. The van der Waals surface area contributed by atoms with Gasteiger partial charge in [0.1, 0.15) is 17.5 Å². The number of likely N-dealkylation sites (tertiary alicyclic amines) is 1. The summed E-state index contributed by atoms with van der Waals surface area (Å²) in [5.41, 5.74) is 1.89. The molecule has 0 spiro atoms. The van der Waals surface area contributed by atoms with Crippen molar-refractivity contribution in [3.05, 3.63) is 53.6 Å². The summed E-state index contributed by atoms with van der Waals surface area (Å²) < 4.78 is 10.5. The molecule has 0 radical (unpaired) electrons. The lowest BCUT2D eigenvalue weighted by Crippen LogP contribution is -2.47. The predicted octanol–water partition coefficient (Wildman–Crippen LogP) is 3.22. The maximum atomic E-state index is 13.0. The highest BCUT2D eigenvalue weighted by atomic mass is 16.5. The third-order valence-corrected chi connectivity index (χ3v) is 5.59. The topological polar surface area (TPSA) is 97.0 Å². The van der Waals surface area contributed by atoms with Crippen molar-refractivity contribution in [2.45, 2.75) is 39.3 Å². The summed E-state index contributed by atoms with van der Waals surface area (Å²) in [5, 5.41) is 5.71. The molecule has 1 unspecified atom stereocenters. The minimum Gasteiger partial charge on any atom is -0.497 e. The number of ether oxygens (including phenoxy) is 2. The van der Waals surface area contributed by atoms with Gasteiger partial charge in [-0.05, 0) is 42.2 Å². The van der Waals surface area contributed by atoms with Crippen LogP contribution >= 0.6 is 0 Å². The van der Waals surface area contributed by atoms with Crippen LogP contribution < -0.4 is 20.1 Å². The zero-order valence-electron chi connectivity index (χ0n) is 19.5. The van der Waals surface area contributed by atoms with Crippen molar-refractivity contribution in [1.29, 1.82) is 0 Å². The third-order valence-electron chi connectivity index (χ3n) is 5.59. The lowest BCUT2D eigenvalue weighted by atomic mass is 10.0. The van der Waals surface area contributed by atoms with Crippen molar-refractivity contribution in [3.8, 4) is 11.5 Å². The molecule has 1 fully saturated rings. The standard InChI is InChI=1S/C25H31N3O5/c1-16(2)23(27-24(30)18-12-20(32-3)14-21(13-18)33-4)25(31)26-19-8-5-7-17(11-19)15-28-10-6-9-22(28)29/h5,7-8,11-14,16,23H,6,9-10,15H2,1-4H3,(H,26,31)(H,27,30). The zero-order valence-corrected chi connectivity index (χ0v) is 19.5. The number of methoxy groups -OCH3 is 2. The molecule has 1 saturated heterocycles. The summed E-state index contributed by atoms with van der Waals surface area (Å²) >= 11 is 0. The first-order valence-corrected chi connectivity index (χ1v) is 11.0. The average molecular weight is 454 g/mol. The van der Waals surface area contributed by atoms with E-state index in [1.54, 1.807) is 24.3 Å². The van der Waals surface area contributed by atoms with E-state index in [2.05, 4.69) is 10.6 Å². The van der Waals surface area contributed by atoms with Crippen LogP contribution in [0.15, 0.2) is 42.5 Å². The number of benzene rings is 2. The molecule has 2 aromatic carbocycles. The fourth-order valence-corrected chi connectivity index (χ4v) is 3.76. The van der Waals surface area contributed by atoms with Gasteiger partial charge in [0.2, 0.25) is 11.8 Å². The molecule has 3 rings (SSSR count). The van der Waals surface area contributed by atoms with Crippen LogP contribution in [0, 0.1) is 5.92 Å². The van der Waals surface area contributed by atoms with Gasteiger partial charge in [-0.15, -0.1) is 0 Å². The Balaban J connectivity index is 1.70. The first kappa shape index (κ1) is 24.1. The Morgan fingerprint density at radius 3 is 2.33 bits per heavy atom. The van der Waals surface area contributed by atoms with Crippen LogP contribution in [0.4, 0.5) is 5.69 Å². The lowest BCUT2D eigenvalue weighted by molar-refractivity contribution is -0.128. The Kier molecular flexibility index (Phi) is 7.92. The van der Waals surface area contributed by atoms with Crippen molar-refractivity contribution >= 4 is 23.4 Å². The smallest absolute Gasteiger partial charge is 0.252 e. The molecular weight excluding hydrogens is 422 g/mol. The fourth-order valence-electron chi connectivity index (χ4n) is 3.76. The van der Waals surface area contributed by atoms with Crippen LogP contribution in [-0.2, 0) is 16.1 Å². The van der Waals surface area contributed by atoms with Gasteiger partial charge in [-0.25, -0.2) is 0 Å². The van der Waals surface area contributed by atoms with E-state index in [0.29, 0.717) is 35.7 Å². The monoisotopic (exact) mass is 453 g/mol. The minimum atomic E-state index is -0.751. The molecule has 8 heteroatoms. The molecule has 2 N–H and O–H groups in total. The van der Waals surface area contributed by atoms with Gasteiger partial charge in [-0.1, -0.05) is 26.0 Å². The Morgan fingerprint density at radius 2 is 1.76 bits per heavy atom. The number of anilines is 1. The largest absolute Gasteiger partial charge is 0.497 e. The van der Waals surface area contributed by atoms with Crippen LogP contribution in [0.25, 0.3) is 0 Å². The first-order chi connectivity index (χ1) is 15.8. The highest BCUT2D eigenvalue weighted by Gasteiger charge is 2.26. The number of nitrogens with zero attached hydrogens (tertiary/aromatic N) is 1. The van der Waals surface area contributed by atoms with E-state index in [0.717, 1.165) is 18.5 Å². The summed E-state index contributed by atoms with van der Waals surface area (Å²) in [4.78, 5) is 39.7. The minimum absolute atomic E-state index is 0.146. The van der Waals surface area contributed by atoms with Gasteiger partial charge in [-0.2, -0.15) is 0 Å². The Bertz CT molecular complexity index is 999. The quantitative estimate of drug-likeness (QED) is 0.608. The number of hydrogen-bond donors (Lipinski definition) is 2. The van der Waals surface area contributed by atoms with E-state index in [4.69, 9.17) is 9.47 Å². The molecule has 33 heavy (non-hydrogen) atoms. The van der Waals surface area contributed by atoms with Gasteiger partial charge in [0.05, 0.1) is 14.2 Å². The van der Waals surface area contributed by atoms with E-state index in [1.165, 1.54) is 14.2 Å². The molecule has 1 heterocycles. The Hall–Kier alpha value is -3.55. The Morgan fingerprint density at radius 1 is 1.06 bits per heavy atom. The zero-order chi connectivity index (χ0) is 24.0. The average Bonchev–Trinajstić information content (AvgIpc) is 3.20. The SMILES string of the molecule is COc1cc(OC)cc(C(=O)NC(C(=O)Nc2cccc(CN3CCCC3=O)c2)C(C)C)c1. The van der Waals surface area contributed by atoms with E-state index in [1.807, 2.05) is 36.9 Å². The number of rotatable bonds is 9. The van der Waals surface area contributed by atoms with E-state index >= 15 is 0 Å². The van der Waals surface area contributed by atoms with Crippen LogP contribution in [0.2, 0.25) is 0 Å². The van der Waals surface area contributed by atoms with Gasteiger partial charge in [0.25, 0.3) is 5.91 Å². The fraction of sp³-hybridized carbons (Fsp3) is 0.400. The molecule has 176 valence electrons. The molecule has 1 atom stereocenters. The molecule has 1 aliphatic rings. The number of carbonyl (C=O) groups is 3. The predicted molar refractivity (Wildman–Crippen MR) is 125 cm³/mol. The molecule has 0 bridgehead atoms. The van der Waals surface area contributed by atoms with Crippen molar-refractivity contribution in [2.24, 2.45) is 5.92 Å². The summed E-state index contributed by atoms with van der Waals surface area (Å²) in [5.74, 6) is 0.259. The molecule has 0 aliphatic carbocycles.